The summed E-state index contributed by atoms with van der Waals surface area (Å²) in [4.78, 5) is 15.4. The molecule has 0 N–H and O–H groups in total. The van der Waals surface area contributed by atoms with Crippen molar-refractivity contribution in [3.63, 3.8) is 0 Å². The van der Waals surface area contributed by atoms with Gasteiger partial charge < -0.3 is 4.74 Å². The number of hydrogen-bond acceptors (Lipinski definition) is 4. The molecule has 86 valence electrons. The standard InChI is InChI=1S/C12H15NO2S/c1-8-6-10(12(14)15-8)13-4-2-11-9(7-13)3-5-16-11/h3,5,8,10H,2,4,6-7H2,1H3/t8-,10-/m0/s1. The summed E-state index contributed by atoms with van der Waals surface area (Å²) >= 11 is 1.83. The van der Waals surface area contributed by atoms with Crippen molar-refractivity contribution in [2.45, 2.75) is 38.5 Å². The first-order valence-corrected chi connectivity index (χ1v) is 6.62. The molecule has 0 aliphatic carbocycles. The minimum absolute atomic E-state index is 0.0111. The van der Waals surface area contributed by atoms with Gasteiger partial charge in [0.05, 0.1) is 0 Å². The van der Waals surface area contributed by atoms with Gasteiger partial charge in [-0.25, -0.2) is 0 Å². The smallest absolute Gasteiger partial charge is 0.323 e. The lowest BCUT2D eigenvalue weighted by Gasteiger charge is -2.29. The molecule has 0 saturated carbocycles. The van der Waals surface area contributed by atoms with Crippen LogP contribution in [0.3, 0.4) is 0 Å². The Bertz CT molecular complexity index is 415. The molecule has 2 atom stereocenters. The number of thiophene rings is 1. The summed E-state index contributed by atoms with van der Waals surface area (Å²) in [5.41, 5.74) is 1.39. The third-order valence-corrected chi connectivity index (χ3v) is 4.45. The van der Waals surface area contributed by atoms with Crippen LogP contribution < -0.4 is 0 Å². The fourth-order valence-electron chi connectivity index (χ4n) is 2.57. The first-order chi connectivity index (χ1) is 7.74. The maximum Gasteiger partial charge on any atom is 0.323 e. The average molecular weight is 237 g/mol. The van der Waals surface area contributed by atoms with Crippen LogP contribution in [0.25, 0.3) is 0 Å². The molecule has 2 aliphatic heterocycles. The van der Waals surface area contributed by atoms with Crippen molar-refractivity contribution in [2.75, 3.05) is 6.54 Å². The Balaban J connectivity index is 1.76. The summed E-state index contributed by atoms with van der Waals surface area (Å²) in [5, 5.41) is 2.14. The Hall–Kier alpha value is -0.870. The van der Waals surface area contributed by atoms with Gasteiger partial charge in [-0.05, 0) is 30.4 Å². The number of nitrogens with zero attached hydrogens (tertiary/aromatic N) is 1. The van der Waals surface area contributed by atoms with E-state index in [1.807, 2.05) is 18.3 Å². The van der Waals surface area contributed by atoms with Crippen LogP contribution in [-0.2, 0) is 22.5 Å². The maximum atomic E-state index is 11.7. The van der Waals surface area contributed by atoms with Crippen LogP contribution in [0, 0.1) is 0 Å². The summed E-state index contributed by atoms with van der Waals surface area (Å²) in [7, 11) is 0. The molecule has 0 unspecified atom stereocenters. The predicted octanol–water partition coefficient (Wildman–Crippen LogP) is 1.81. The van der Waals surface area contributed by atoms with E-state index in [0.717, 1.165) is 25.9 Å². The van der Waals surface area contributed by atoms with Crippen molar-refractivity contribution in [1.82, 2.24) is 4.90 Å². The van der Waals surface area contributed by atoms with E-state index in [1.165, 1.54) is 10.4 Å². The zero-order valence-electron chi connectivity index (χ0n) is 9.31. The van der Waals surface area contributed by atoms with Gasteiger partial charge in [-0.15, -0.1) is 11.3 Å². The normalized spacial score (nSPS) is 30.2. The van der Waals surface area contributed by atoms with Crippen LogP contribution in [0.5, 0.6) is 0 Å². The lowest BCUT2D eigenvalue weighted by molar-refractivity contribution is -0.145. The van der Waals surface area contributed by atoms with E-state index in [2.05, 4.69) is 16.3 Å². The van der Waals surface area contributed by atoms with Crippen molar-refractivity contribution in [1.29, 1.82) is 0 Å². The maximum absolute atomic E-state index is 11.7. The Kier molecular flexibility index (Phi) is 2.48. The number of carbonyl (C=O) groups is 1. The Morgan fingerprint density at radius 2 is 2.44 bits per heavy atom. The SMILES string of the molecule is C[C@H]1C[C@H](N2CCc3sccc3C2)C(=O)O1. The molecule has 1 saturated heterocycles. The first kappa shape index (κ1) is 10.3. The predicted molar refractivity (Wildman–Crippen MR) is 62.4 cm³/mol. The van der Waals surface area contributed by atoms with E-state index >= 15 is 0 Å². The van der Waals surface area contributed by atoms with Crippen molar-refractivity contribution in [3.05, 3.63) is 21.9 Å². The van der Waals surface area contributed by atoms with Gasteiger partial charge in [0, 0.05) is 24.4 Å². The summed E-state index contributed by atoms with van der Waals surface area (Å²) in [6.45, 7) is 3.86. The summed E-state index contributed by atoms with van der Waals surface area (Å²) in [6, 6.07) is 2.17. The van der Waals surface area contributed by atoms with Crippen molar-refractivity contribution in [3.8, 4) is 0 Å². The van der Waals surface area contributed by atoms with Gasteiger partial charge in [0.1, 0.15) is 12.1 Å². The quantitative estimate of drug-likeness (QED) is 0.698. The number of esters is 1. The van der Waals surface area contributed by atoms with Gasteiger partial charge in [-0.3, -0.25) is 9.69 Å². The highest BCUT2D eigenvalue weighted by molar-refractivity contribution is 7.10. The number of carbonyl (C=O) groups excluding carboxylic acids is 1. The molecule has 1 aromatic rings. The second kappa shape index (κ2) is 3.86. The number of fused-ring (bicyclic) bond motifs is 1. The van der Waals surface area contributed by atoms with Gasteiger partial charge in [-0.2, -0.15) is 0 Å². The van der Waals surface area contributed by atoms with Crippen molar-refractivity contribution in [2.24, 2.45) is 0 Å². The molecular formula is C12H15NO2S. The highest BCUT2D eigenvalue weighted by Crippen LogP contribution is 2.28. The Morgan fingerprint density at radius 1 is 1.56 bits per heavy atom. The van der Waals surface area contributed by atoms with Gasteiger partial charge in [-0.1, -0.05) is 0 Å². The zero-order chi connectivity index (χ0) is 11.1. The minimum Gasteiger partial charge on any atom is -0.461 e. The van der Waals surface area contributed by atoms with Crippen LogP contribution in [0.15, 0.2) is 11.4 Å². The Morgan fingerprint density at radius 3 is 3.19 bits per heavy atom. The molecule has 1 fully saturated rings. The van der Waals surface area contributed by atoms with E-state index in [9.17, 15) is 4.79 Å². The molecular weight excluding hydrogens is 222 g/mol. The number of cyclic esters (lactones) is 1. The van der Waals surface area contributed by atoms with E-state index in [4.69, 9.17) is 4.74 Å². The first-order valence-electron chi connectivity index (χ1n) is 5.74. The van der Waals surface area contributed by atoms with Crippen LogP contribution in [-0.4, -0.2) is 29.6 Å². The molecule has 3 nitrogen and oxygen atoms in total. The van der Waals surface area contributed by atoms with E-state index in [0.29, 0.717) is 0 Å². The molecule has 4 heteroatoms. The van der Waals surface area contributed by atoms with E-state index < -0.39 is 0 Å². The van der Waals surface area contributed by atoms with Crippen LogP contribution in [0.1, 0.15) is 23.8 Å². The molecule has 0 spiro atoms. The fourth-order valence-corrected chi connectivity index (χ4v) is 3.46. The second-order valence-corrected chi connectivity index (χ2v) is 5.59. The number of rotatable bonds is 1. The third kappa shape index (κ3) is 1.66. The van der Waals surface area contributed by atoms with Crippen molar-refractivity contribution >= 4 is 17.3 Å². The molecule has 0 amide bonds. The van der Waals surface area contributed by atoms with Crippen LogP contribution in [0.4, 0.5) is 0 Å². The second-order valence-electron chi connectivity index (χ2n) is 4.59. The fraction of sp³-hybridized carbons (Fsp3) is 0.583. The van der Waals surface area contributed by atoms with Crippen LogP contribution in [0.2, 0.25) is 0 Å². The minimum atomic E-state index is -0.0359. The third-order valence-electron chi connectivity index (χ3n) is 3.42. The lowest BCUT2D eigenvalue weighted by Crippen LogP contribution is -2.41. The molecule has 3 rings (SSSR count). The summed E-state index contributed by atoms with van der Waals surface area (Å²) in [5.74, 6) is -0.0359. The molecule has 0 bridgehead atoms. The monoisotopic (exact) mass is 237 g/mol. The van der Waals surface area contributed by atoms with Gasteiger partial charge in [0.15, 0.2) is 0 Å². The average Bonchev–Trinajstić information content (AvgIpc) is 2.83. The van der Waals surface area contributed by atoms with Crippen molar-refractivity contribution < 1.29 is 9.53 Å². The molecule has 0 aromatic carbocycles. The highest BCUT2D eigenvalue weighted by atomic mass is 32.1. The van der Waals surface area contributed by atoms with Gasteiger partial charge >= 0.3 is 5.97 Å². The van der Waals surface area contributed by atoms with Gasteiger partial charge in [0.2, 0.25) is 0 Å². The summed E-state index contributed by atoms with van der Waals surface area (Å²) in [6.07, 6.45) is 2.00. The van der Waals surface area contributed by atoms with E-state index in [1.54, 1.807) is 0 Å². The zero-order valence-corrected chi connectivity index (χ0v) is 10.1. The largest absolute Gasteiger partial charge is 0.461 e. The highest BCUT2D eigenvalue weighted by Gasteiger charge is 2.37. The summed E-state index contributed by atoms with van der Waals surface area (Å²) < 4.78 is 5.22. The Labute approximate surface area is 99.0 Å². The lowest BCUT2D eigenvalue weighted by atomic mass is 10.1. The van der Waals surface area contributed by atoms with Gasteiger partial charge in [0.25, 0.3) is 0 Å². The molecule has 3 heterocycles. The topological polar surface area (TPSA) is 29.5 Å². The number of ether oxygens (including phenoxy) is 1. The van der Waals surface area contributed by atoms with E-state index in [-0.39, 0.29) is 18.1 Å². The molecule has 0 radical (unpaired) electrons. The van der Waals surface area contributed by atoms with Crippen LogP contribution >= 0.6 is 11.3 Å². The number of hydrogen-bond donors (Lipinski definition) is 0. The molecule has 16 heavy (non-hydrogen) atoms. The molecule has 1 aromatic heterocycles. The molecule has 2 aliphatic rings.